The summed E-state index contributed by atoms with van der Waals surface area (Å²) in [4.78, 5) is 11.3. The Kier molecular flexibility index (Phi) is 4.27. The fourth-order valence-electron chi connectivity index (χ4n) is 2.39. The lowest BCUT2D eigenvalue weighted by atomic mass is 9.91. The molecule has 18 heavy (non-hydrogen) atoms. The number of halogens is 1. The number of benzene rings is 1. The molecule has 0 heterocycles. The molecule has 2 unspecified atom stereocenters. The molecule has 4 heteroatoms. The average Bonchev–Trinajstić information content (AvgIpc) is 2.31. The Morgan fingerprint density at radius 2 is 2.22 bits per heavy atom. The molecule has 0 radical (unpaired) electrons. The highest BCUT2D eigenvalue weighted by Crippen LogP contribution is 2.37. The van der Waals surface area contributed by atoms with Crippen LogP contribution in [-0.4, -0.2) is 16.3 Å². The molecule has 0 aromatic heterocycles. The normalized spacial score (nSPS) is 23.9. The predicted octanol–water partition coefficient (Wildman–Crippen LogP) is 4.19. The SMILES string of the molecule is CC1CCCC(Sc2ccc(C(=O)O)cc2F)C1. The van der Waals surface area contributed by atoms with Crippen molar-refractivity contribution in [2.45, 2.75) is 42.8 Å². The van der Waals surface area contributed by atoms with Gasteiger partial charge in [-0.3, -0.25) is 0 Å². The molecule has 1 saturated carbocycles. The predicted molar refractivity (Wildman–Crippen MR) is 70.6 cm³/mol. The standard InChI is InChI=1S/C14H17FO2S/c1-9-3-2-4-11(7-9)18-13-6-5-10(14(16)17)8-12(13)15/h5-6,8-9,11H,2-4,7H2,1H3,(H,16,17). The van der Waals surface area contributed by atoms with E-state index in [0.717, 1.165) is 18.9 Å². The van der Waals surface area contributed by atoms with Gasteiger partial charge in [0.05, 0.1) is 5.56 Å². The topological polar surface area (TPSA) is 37.3 Å². The molecule has 1 aliphatic rings. The molecule has 0 saturated heterocycles. The van der Waals surface area contributed by atoms with Gasteiger partial charge in [-0.15, -0.1) is 11.8 Å². The highest BCUT2D eigenvalue weighted by Gasteiger charge is 2.21. The van der Waals surface area contributed by atoms with Gasteiger partial charge in [0.1, 0.15) is 5.82 Å². The van der Waals surface area contributed by atoms with Gasteiger partial charge in [0.25, 0.3) is 0 Å². The minimum Gasteiger partial charge on any atom is -0.478 e. The van der Waals surface area contributed by atoms with Gasteiger partial charge in [0.15, 0.2) is 0 Å². The number of carboxylic acids is 1. The van der Waals surface area contributed by atoms with Crippen LogP contribution in [-0.2, 0) is 0 Å². The third kappa shape index (κ3) is 3.25. The molecule has 2 nitrogen and oxygen atoms in total. The van der Waals surface area contributed by atoms with Crippen molar-refractivity contribution in [2.75, 3.05) is 0 Å². The van der Waals surface area contributed by atoms with Crippen LogP contribution in [0.3, 0.4) is 0 Å². The van der Waals surface area contributed by atoms with Gasteiger partial charge in [0, 0.05) is 10.1 Å². The summed E-state index contributed by atoms with van der Waals surface area (Å²) in [5, 5.41) is 9.24. The lowest BCUT2D eigenvalue weighted by molar-refractivity contribution is 0.0696. The summed E-state index contributed by atoms with van der Waals surface area (Å²) in [6, 6.07) is 4.17. The highest BCUT2D eigenvalue weighted by molar-refractivity contribution is 8.00. The lowest BCUT2D eigenvalue weighted by Gasteiger charge is -2.26. The van der Waals surface area contributed by atoms with Gasteiger partial charge < -0.3 is 5.11 Å². The second-order valence-electron chi connectivity index (χ2n) is 4.96. The highest BCUT2D eigenvalue weighted by atomic mass is 32.2. The van der Waals surface area contributed by atoms with Crippen molar-refractivity contribution in [3.8, 4) is 0 Å². The number of carboxylic acid groups (broad SMARTS) is 1. The number of rotatable bonds is 3. The van der Waals surface area contributed by atoms with E-state index >= 15 is 0 Å². The molecule has 1 N–H and O–H groups in total. The maximum absolute atomic E-state index is 13.8. The van der Waals surface area contributed by atoms with E-state index < -0.39 is 11.8 Å². The Labute approximate surface area is 111 Å². The third-order valence-corrected chi connectivity index (χ3v) is 4.71. The zero-order valence-corrected chi connectivity index (χ0v) is 11.2. The maximum Gasteiger partial charge on any atom is 0.335 e. The van der Waals surface area contributed by atoms with Crippen molar-refractivity contribution >= 4 is 17.7 Å². The Balaban J connectivity index is 2.07. The first-order chi connectivity index (χ1) is 8.56. The Morgan fingerprint density at radius 1 is 1.44 bits per heavy atom. The summed E-state index contributed by atoms with van der Waals surface area (Å²) in [5.74, 6) is -0.799. The van der Waals surface area contributed by atoms with Crippen LogP contribution in [0.2, 0.25) is 0 Å². The largest absolute Gasteiger partial charge is 0.478 e. The van der Waals surface area contributed by atoms with Crippen LogP contribution in [0.1, 0.15) is 43.0 Å². The number of aromatic carboxylic acids is 1. The zero-order chi connectivity index (χ0) is 13.1. The van der Waals surface area contributed by atoms with E-state index in [1.54, 1.807) is 17.8 Å². The fraction of sp³-hybridized carbons (Fsp3) is 0.500. The van der Waals surface area contributed by atoms with E-state index in [1.807, 2.05) is 0 Å². The zero-order valence-electron chi connectivity index (χ0n) is 10.4. The van der Waals surface area contributed by atoms with E-state index in [9.17, 15) is 9.18 Å². The molecular weight excluding hydrogens is 251 g/mol. The Bertz CT molecular complexity index is 447. The second-order valence-corrected chi connectivity index (χ2v) is 6.30. The van der Waals surface area contributed by atoms with Gasteiger partial charge in [-0.05, 0) is 37.0 Å². The van der Waals surface area contributed by atoms with E-state index in [2.05, 4.69) is 6.92 Å². The fourth-order valence-corrected chi connectivity index (χ4v) is 3.78. The quantitative estimate of drug-likeness (QED) is 0.893. The molecule has 98 valence electrons. The van der Waals surface area contributed by atoms with Gasteiger partial charge in [-0.25, -0.2) is 9.18 Å². The first-order valence-electron chi connectivity index (χ1n) is 6.25. The van der Waals surface area contributed by atoms with Crippen LogP contribution in [0.5, 0.6) is 0 Å². The van der Waals surface area contributed by atoms with Gasteiger partial charge >= 0.3 is 5.97 Å². The van der Waals surface area contributed by atoms with E-state index in [-0.39, 0.29) is 5.56 Å². The molecular formula is C14H17FO2S. The molecule has 1 aliphatic carbocycles. The van der Waals surface area contributed by atoms with Gasteiger partial charge in [-0.1, -0.05) is 19.8 Å². The van der Waals surface area contributed by atoms with E-state index in [4.69, 9.17) is 5.11 Å². The Hall–Kier alpha value is -1.03. The average molecular weight is 268 g/mol. The molecule has 0 spiro atoms. The van der Waals surface area contributed by atoms with Crippen molar-refractivity contribution in [3.63, 3.8) is 0 Å². The Morgan fingerprint density at radius 3 is 2.83 bits per heavy atom. The number of hydrogen-bond acceptors (Lipinski definition) is 2. The molecule has 0 amide bonds. The summed E-state index contributed by atoms with van der Waals surface area (Å²) < 4.78 is 13.8. The van der Waals surface area contributed by atoms with Crippen molar-refractivity contribution < 1.29 is 14.3 Å². The van der Waals surface area contributed by atoms with Crippen LogP contribution in [0.4, 0.5) is 4.39 Å². The van der Waals surface area contributed by atoms with Crippen LogP contribution >= 0.6 is 11.8 Å². The first-order valence-corrected chi connectivity index (χ1v) is 7.13. The van der Waals surface area contributed by atoms with Crippen molar-refractivity contribution in [3.05, 3.63) is 29.6 Å². The van der Waals surface area contributed by atoms with Gasteiger partial charge in [-0.2, -0.15) is 0 Å². The summed E-state index contributed by atoms with van der Waals surface area (Å²) in [6.45, 7) is 2.23. The van der Waals surface area contributed by atoms with Crippen LogP contribution < -0.4 is 0 Å². The van der Waals surface area contributed by atoms with E-state index in [1.165, 1.54) is 18.9 Å². The molecule has 0 bridgehead atoms. The smallest absolute Gasteiger partial charge is 0.335 e. The lowest BCUT2D eigenvalue weighted by Crippen LogP contribution is -2.15. The van der Waals surface area contributed by atoms with Crippen LogP contribution in [0, 0.1) is 11.7 Å². The minimum atomic E-state index is -1.09. The monoisotopic (exact) mass is 268 g/mol. The number of hydrogen-bond donors (Lipinski definition) is 1. The van der Waals surface area contributed by atoms with Crippen LogP contribution in [0.15, 0.2) is 23.1 Å². The summed E-state index contributed by atoms with van der Waals surface area (Å²) in [7, 11) is 0. The number of carbonyl (C=O) groups is 1. The maximum atomic E-state index is 13.8. The number of thioether (sulfide) groups is 1. The summed E-state index contributed by atoms with van der Waals surface area (Å²) >= 11 is 1.55. The van der Waals surface area contributed by atoms with Crippen molar-refractivity contribution in [1.29, 1.82) is 0 Å². The summed E-state index contributed by atoms with van der Waals surface area (Å²) in [5.41, 5.74) is 0.00821. The first kappa shape index (κ1) is 13.4. The summed E-state index contributed by atoms with van der Waals surface area (Å²) in [6.07, 6.45) is 4.70. The minimum absolute atomic E-state index is 0.00821. The van der Waals surface area contributed by atoms with E-state index in [0.29, 0.717) is 16.1 Å². The van der Waals surface area contributed by atoms with Crippen molar-refractivity contribution in [2.24, 2.45) is 5.92 Å². The second kappa shape index (κ2) is 5.74. The molecule has 2 rings (SSSR count). The third-order valence-electron chi connectivity index (χ3n) is 3.36. The molecule has 1 fully saturated rings. The molecule has 1 aromatic carbocycles. The molecule has 2 atom stereocenters. The molecule has 0 aliphatic heterocycles. The van der Waals surface area contributed by atoms with Crippen LogP contribution in [0.25, 0.3) is 0 Å². The van der Waals surface area contributed by atoms with Gasteiger partial charge in [0.2, 0.25) is 0 Å². The molecule has 1 aromatic rings. The van der Waals surface area contributed by atoms with Crippen molar-refractivity contribution in [1.82, 2.24) is 0 Å².